The molecule has 0 radical (unpaired) electrons. The van der Waals surface area contributed by atoms with Crippen molar-refractivity contribution < 1.29 is 13.9 Å². The SMILES string of the molecule is NC(=O)COc1c(Cl)cc(C=Nn2c(-c3cc4ccccc4o3)nc3ccccc3c2=O)cc1Br. The Morgan fingerprint density at radius 3 is 2.71 bits per heavy atom. The molecule has 3 aromatic carbocycles. The van der Waals surface area contributed by atoms with Crippen molar-refractivity contribution in [1.82, 2.24) is 9.66 Å². The van der Waals surface area contributed by atoms with Crippen molar-refractivity contribution in [1.29, 1.82) is 0 Å². The summed E-state index contributed by atoms with van der Waals surface area (Å²) in [7, 11) is 0. The van der Waals surface area contributed by atoms with Crippen molar-refractivity contribution in [3.63, 3.8) is 0 Å². The first-order chi connectivity index (χ1) is 16.9. The van der Waals surface area contributed by atoms with Crippen molar-refractivity contribution in [2.45, 2.75) is 0 Å². The van der Waals surface area contributed by atoms with Gasteiger partial charge in [-0.1, -0.05) is 41.9 Å². The third-order valence-electron chi connectivity index (χ3n) is 5.10. The van der Waals surface area contributed by atoms with E-state index in [0.29, 0.717) is 32.3 Å². The van der Waals surface area contributed by atoms with Crippen LogP contribution in [0.15, 0.2) is 85.5 Å². The number of hydrogen-bond donors (Lipinski definition) is 1. The van der Waals surface area contributed by atoms with Crippen molar-refractivity contribution in [2.75, 3.05) is 6.61 Å². The van der Waals surface area contributed by atoms with Crippen molar-refractivity contribution in [3.05, 3.63) is 92.1 Å². The summed E-state index contributed by atoms with van der Waals surface area (Å²) < 4.78 is 13.0. The molecular weight excluding hydrogens is 536 g/mol. The molecule has 0 fully saturated rings. The summed E-state index contributed by atoms with van der Waals surface area (Å²) in [5, 5.41) is 5.95. The smallest absolute Gasteiger partial charge is 0.282 e. The minimum atomic E-state index is -0.625. The van der Waals surface area contributed by atoms with E-state index in [0.717, 1.165) is 5.39 Å². The van der Waals surface area contributed by atoms with Crippen LogP contribution >= 0.6 is 27.5 Å². The molecule has 5 aromatic rings. The highest BCUT2D eigenvalue weighted by molar-refractivity contribution is 9.10. The lowest BCUT2D eigenvalue weighted by Crippen LogP contribution is -2.20. The lowest BCUT2D eigenvalue weighted by Gasteiger charge is -2.10. The number of carbonyl (C=O) groups excluding carboxylic acids is 1. The van der Waals surface area contributed by atoms with Gasteiger partial charge in [-0.3, -0.25) is 9.59 Å². The van der Waals surface area contributed by atoms with Gasteiger partial charge in [-0.15, -0.1) is 0 Å². The maximum atomic E-state index is 13.4. The highest BCUT2D eigenvalue weighted by Crippen LogP contribution is 2.34. The molecule has 0 aliphatic rings. The van der Waals surface area contributed by atoms with Gasteiger partial charge in [-0.25, -0.2) is 4.98 Å². The molecule has 2 aromatic heterocycles. The van der Waals surface area contributed by atoms with Gasteiger partial charge in [0.25, 0.3) is 11.5 Å². The van der Waals surface area contributed by atoms with Crippen LogP contribution in [0.2, 0.25) is 5.02 Å². The van der Waals surface area contributed by atoms with Crippen molar-refractivity contribution in [2.24, 2.45) is 10.8 Å². The third kappa shape index (κ3) is 4.55. The van der Waals surface area contributed by atoms with Crippen LogP contribution in [0, 0.1) is 0 Å². The zero-order valence-corrected chi connectivity index (χ0v) is 20.3. The number of fused-ring (bicyclic) bond motifs is 2. The third-order valence-corrected chi connectivity index (χ3v) is 5.97. The summed E-state index contributed by atoms with van der Waals surface area (Å²) in [5.74, 6) is 0.309. The molecule has 0 spiro atoms. The maximum absolute atomic E-state index is 13.4. The Morgan fingerprint density at radius 2 is 1.94 bits per heavy atom. The summed E-state index contributed by atoms with van der Waals surface area (Å²) in [4.78, 5) is 29.0. The number of carbonyl (C=O) groups is 1. The molecule has 35 heavy (non-hydrogen) atoms. The average molecular weight is 552 g/mol. The van der Waals surface area contributed by atoms with E-state index in [1.54, 1.807) is 30.3 Å². The van der Waals surface area contributed by atoms with Gasteiger partial charge in [0.2, 0.25) is 5.82 Å². The van der Waals surface area contributed by atoms with Gasteiger partial charge >= 0.3 is 0 Å². The zero-order chi connectivity index (χ0) is 24.5. The number of benzene rings is 3. The molecule has 2 N–H and O–H groups in total. The number of aromatic nitrogens is 2. The minimum Gasteiger partial charge on any atom is -0.481 e. The van der Waals surface area contributed by atoms with E-state index < -0.39 is 5.91 Å². The Bertz CT molecular complexity index is 1640. The lowest BCUT2D eigenvalue weighted by atomic mass is 10.2. The first-order valence-corrected chi connectivity index (χ1v) is 11.5. The van der Waals surface area contributed by atoms with E-state index >= 15 is 0 Å². The van der Waals surface area contributed by atoms with Crippen LogP contribution in [0.5, 0.6) is 5.75 Å². The van der Waals surface area contributed by atoms with Crippen LogP contribution in [-0.4, -0.2) is 28.4 Å². The van der Waals surface area contributed by atoms with Gasteiger partial charge in [0.05, 0.1) is 26.6 Å². The van der Waals surface area contributed by atoms with Crippen LogP contribution < -0.4 is 16.0 Å². The normalized spacial score (nSPS) is 11.5. The number of nitrogens with zero attached hydrogens (tertiary/aromatic N) is 3. The fourth-order valence-corrected chi connectivity index (χ4v) is 4.53. The fraction of sp³-hybridized carbons (Fsp3) is 0.0400. The Labute approximate surface area is 211 Å². The van der Waals surface area contributed by atoms with E-state index in [1.165, 1.54) is 10.9 Å². The van der Waals surface area contributed by atoms with E-state index in [-0.39, 0.29) is 28.8 Å². The molecule has 0 saturated carbocycles. The van der Waals surface area contributed by atoms with Gasteiger partial charge in [0, 0.05) is 5.39 Å². The first kappa shape index (κ1) is 22.8. The molecule has 10 heteroatoms. The van der Waals surface area contributed by atoms with E-state index in [2.05, 4.69) is 26.0 Å². The van der Waals surface area contributed by atoms with Crippen LogP contribution in [0.25, 0.3) is 33.5 Å². The number of halogens is 2. The molecule has 2 heterocycles. The van der Waals surface area contributed by atoms with Crippen LogP contribution in [-0.2, 0) is 4.79 Å². The predicted octanol–water partition coefficient (Wildman–Crippen LogP) is 4.97. The molecular formula is C25H16BrClN4O4. The number of nitrogens with two attached hydrogens (primary N) is 1. The van der Waals surface area contributed by atoms with Crippen molar-refractivity contribution in [3.8, 4) is 17.3 Å². The van der Waals surface area contributed by atoms with Crippen LogP contribution in [0.1, 0.15) is 5.56 Å². The van der Waals surface area contributed by atoms with E-state index in [4.69, 9.17) is 26.5 Å². The van der Waals surface area contributed by atoms with Crippen LogP contribution in [0.4, 0.5) is 0 Å². The molecule has 0 atom stereocenters. The number of primary amides is 1. The van der Waals surface area contributed by atoms with Gasteiger partial charge < -0.3 is 14.9 Å². The standard InChI is InChI=1S/C25H16BrClN4O4/c26-17-9-14(10-18(27)23(17)34-13-22(28)32)12-29-31-24(21-11-15-5-1-4-8-20(15)35-21)30-19-7-3-2-6-16(19)25(31)33/h1-12H,13H2,(H2,28,32). The quantitative estimate of drug-likeness (QED) is 0.299. The molecule has 0 bridgehead atoms. The van der Waals surface area contributed by atoms with Crippen LogP contribution in [0.3, 0.4) is 0 Å². The van der Waals surface area contributed by atoms with E-state index in [1.807, 2.05) is 36.4 Å². The number of ether oxygens (including phenoxy) is 1. The summed E-state index contributed by atoms with van der Waals surface area (Å²) >= 11 is 9.69. The van der Waals surface area contributed by atoms with E-state index in [9.17, 15) is 9.59 Å². The number of furan rings is 1. The number of hydrogen-bond acceptors (Lipinski definition) is 6. The zero-order valence-electron chi connectivity index (χ0n) is 17.9. The first-order valence-electron chi connectivity index (χ1n) is 10.4. The number of amides is 1. The predicted molar refractivity (Wildman–Crippen MR) is 138 cm³/mol. The van der Waals surface area contributed by atoms with Gasteiger partial charge in [-0.2, -0.15) is 9.78 Å². The topological polar surface area (TPSA) is 113 Å². The number of para-hydroxylation sites is 2. The molecule has 8 nitrogen and oxygen atoms in total. The Morgan fingerprint density at radius 1 is 1.17 bits per heavy atom. The summed E-state index contributed by atoms with van der Waals surface area (Å²) in [5.41, 5.74) is 6.55. The monoisotopic (exact) mass is 550 g/mol. The summed E-state index contributed by atoms with van der Waals surface area (Å²) in [6.07, 6.45) is 1.47. The maximum Gasteiger partial charge on any atom is 0.282 e. The van der Waals surface area contributed by atoms with Gasteiger partial charge in [-0.05, 0) is 57.9 Å². The Balaban J connectivity index is 1.62. The number of rotatable bonds is 6. The summed E-state index contributed by atoms with van der Waals surface area (Å²) in [6, 6.07) is 19.6. The molecule has 0 aliphatic carbocycles. The summed E-state index contributed by atoms with van der Waals surface area (Å²) in [6.45, 7) is -0.315. The molecule has 0 unspecified atom stereocenters. The molecule has 0 saturated heterocycles. The molecule has 1 amide bonds. The second-order valence-electron chi connectivity index (χ2n) is 7.53. The largest absolute Gasteiger partial charge is 0.481 e. The molecule has 0 aliphatic heterocycles. The lowest BCUT2D eigenvalue weighted by molar-refractivity contribution is -0.119. The highest BCUT2D eigenvalue weighted by Gasteiger charge is 2.16. The average Bonchev–Trinajstić information content (AvgIpc) is 3.27. The fourth-order valence-electron chi connectivity index (χ4n) is 3.54. The van der Waals surface area contributed by atoms with Gasteiger partial charge in [0.15, 0.2) is 18.1 Å². The van der Waals surface area contributed by atoms with Gasteiger partial charge in [0.1, 0.15) is 5.58 Å². The van der Waals surface area contributed by atoms with Crippen molar-refractivity contribution >= 4 is 61.5 Å². The second-order valence-corrected chi connectivity index (χ2v) is 8.79. The second kappa shape index (κ2) is 9.36. The molecule has 5 rings (SSSR count). The molecule has 174 valence electrons. The minimum absolute atomic E-state index is 0.239. The Hall–Kier alpha value is -3.95. The Kier molecular flexibility index (Phi) is 6.10. The highest BCUT2D eigenvalue weighted by atomic mass is 79.9.